The standard InChI is InChI=1S/C7H4I3NO2.C5H8O4/c8-2-1-3(9)6(11)5(10)4(2)7(12)13;6-4(7)2-1-3-5(8)9/h1H,11H2,(H,12,13);1-3H2,(H,6,7)(H,8,9). The van der Waals surface area contributed by atoms with Gasteiger partial charge in [-0.1, -0.05) is 0 Å². The number of nitrogen functional groups attached to an aromatic ring is 1. The minimum Gasteiger partial charge on any atom is -0.481 e. The van der Waals surface area contributed by atoms with Crippen molar-refractivity contribution in [2.24, 2.45) is 0 Å². The van der Waals surface area contributed by atoms with E-state index in [4.69, 9.17) is 21.1 Å². The number of aromatic carboxylic acids is 1. The van der Waals surface area contributed by atoms with Gasteiger partial charge in [0.1, 0.15) is 0 Å². The molecule has 10 heteroatoms. The number of halogens is 3. The van der Waals surface area contributed by atoms with Gasteiger partial charge in [0.05, 0.1) is 14.8 Å². The normalized spacial score (nSPS) is 9.59. The second kappa shape index (κ2) is 10.4. The fourth-order valence-corrected chi connectivity index (χ4v) is 5.03. The van der Waals surface area contributed by atoms with E-state index < -0.39 is 17.9 Å². The molecule has 0 unspecified atom stereocenters. The van der Waals surface area contributed by atoms with Crippen molar-refractivity contribution in [2.75, 3.05) is 5.73 Å². The predicted molar refractivity (Wildman–Crippen MR) is 105 cm³/mol. The van der Waals surface area contributed by atoms with Crippen molar-refractivity contribution in [2.45, 2.75) is 19.3 Å². The first-order valence-corrected chi connectivity index (χ1v) is 8.91. The third kappa shape index (κ3) is 7.75. The van der Waals surface area contributed by atoms with Crippen LogP contribution >= 0.6 is 67.8 Å². The first-order chi connectivity index (χ1) is 10.1. The highest BCUT2D eigenvalue weighted by Gasteiger charge is 2.17. The van der Waals surface area contributed by atoms with Crippen LogP contribution in [0.4, 0.5) is 5.69 Å². The van der Waals surface area contributed by atoms with E-state index in [0.717, 1.165) is 3.57 Å². The zero-order valence-electron chi connectivity index (χ0n) is 11.0. The lowest BCUT2D eigenvalue weighted by molar-refractivity contribution is -0.138. The molecular weight excluding hydrogens is 635 g/mol. The van der Waals surface area contributed by atoms with Gasteiger partial charge in [0, 0.05) is 20.0 Å². The minimum absolute atomic E-state index is 0.0632. The largest absolute Gasteiger partial charge is 0.481 e. The van der Waals surface area contributed by atoms with Gasteiger partial charge in [-0.3, -0.25) is 9.59 Å². The quantitative estimate of drug-likeness (QED) is 0.285. The molecule has 1 aromatic carbocycles. The monoisotopic (exact) mass is 647 g/mol. The molecule has 0 bridgehead atoms. The van der Waals surface area contributed by atoms with Crippen LogP contribution in [0.15, 0.2) is 6.07 Å². The van der Waals surface area contributed by atoms with Crippen LogP contribution in [-0.2, 0) is 9.59 Å². The summed E-state index contributed by atoms with van der Waals surface area (Å²) in [5.41, 5.74) is 6.54. The Balaban J connectivity index is 0.000000433. The third-order valence-corrected chi connectivity index (χ3v) is 5.06. The van der Waals surface area contributed by atoms with Gasteiger partial charge in [0.2, 0.25) is 0 Å². The summed E-state index contributed by atoms with van der Waals surface area (Å²) < 4.78 is 2.21. The van der Waals surface area contributed by atoms with E-state index >= 15 is 0 Å². The van der Waals surface area contributed by atoms with Gasteiger partial charge in [-0.15, -0.1) is 0 Å². The van der Waals surface area contributed by atoms with E-state index in [1.807, 2.05) is 45.2 Å². The summed E-state index contributed by atoms with van der Waals surface area (Å²) >= 11 is 6.04. The minimum atomic E-state index is -0.948. The summed E-state index contributed by atoms with van der Waals surface area (Å²) in [6, 6.07) is 1.77. The molecular formula is C12H12I3NO6. The van der Waals surface area contributed by atoms with E-state index in [0.29, 0.717) is 18.4 Å². The van der Waals surface area contributed by atoms with Crippen molar-refractivity contribution in [1.29, 1.82) is 0 Å². The maximum absolute atomic E-state index is 10.8. The number of nitrogens with two attached hydrogens (primary N) is 1. The van der Waals surface area contributed by atoms with Crippen molar-refractivity contribution < 1.29 is 29.7 Å². The van der Waals surface area contributed by atoms with E-state index in [1.54, 1.807) is 6.07 Å². The number of aliphatic carboxylic acids is 2. The Kier molecular flexibility index (Phi) is 10.2. The summed E-state index contributed by atoms with van der Waals surface area (Å²) in [6.07, 6.45) is 0.0866. The average Bonchev–Trinajstić information content (AvgIpc) is 2.35. The van der Waals surface area contributed by atoms with Gasteiger partial charge in [-0.05, 0) is 80.3 Å². The summed E-state index contributed by atoms with van der Waals surface area (Å²) in [7, 11) is 0. The summed E-state index contributed by atoms with van der Waals surface area (Å²) in [6.45, 7) is 0. The highest BCUT2D eigenvalue weighted by Crippen LogP contribution is 2.29. The molecule has 1 rings (SSSR count). The highest BCUT2D eigenvalue weighted by molar-refractivity contribution is 14.1. The van der Waals surface area contributed by atoms with Crippen molar-refractivity contribution in [3.63, 3.8) is 0 Å². The number of carboxylic acids is 3. The molecule has 0 saturated heterocycles. The maximum atomic E-state index is 10.8. The number of benzene rings is 1. The summed E-state index contributed by atoms with van der Waals surface area (Å²) in [5, 5.41) is 25.0. The molecule has 0 aromatic heterocycles. The molecule has 0 fully saturated rings. The Labute approximate surface area is 167 Å². The number of hydrogen-bond acceptors (Lipinski definition) is 4. The zero-order valence-corrected chi connectivity index (χ0v) is 17.4. The Morgan fingerprint density at radius 2 is 1.41 bits per heavy atom. The van der Waals surface area contributed by atoms with Gasteiger partial charge < -0.3 is 21.1 Å². The molecule has 22 heavy (non-hydrogen) atoms. The van der Waals surface area contributed by atoms with Crippen LogP contribution in [0, 0.1) is 10.7 Å². The molecule has 0 aliphatic rings. The van der Waals surface area contributed by atoms with Crippen molar-refractivity contribution >= 4 is 91.4 Å². The molecule has 0 spiro atoms. The lowest BCUT2D eigenvalue weighted by Gasteiger charge is -2.07. The first kappa shape index (κ1) is 21.6. The van der Waals surface area contributed by atoms with Gasteiger partial charge in [0.25, 0.3) is 0 Å². The SMILES string of the molecule is Nc1c(I)cc(I)c(C(=O)O)c1I.O=C(O)CCCC(=O)O. The molecule has 0 aliphatic carbocycles. The van der Waals surface area contributed by atoms with Crippen LogP contribution in [0.25, 0.3) is 0 Å². The fourth-order valence-electron chi connectivity index (χ4n) is 1.19. The Morgan fingerprint density at radius 3 is 1.77 bits per heavy atom. The molecule has 5 N–H and O–H groups in total. The highest BCUT2D eigenvalue weighted by atomic mass is 127. The third-order valence-electron chi connectivity index (χ3n) is 2.20. The molecule has 0 atom stereocenters. The molecule has 122 valence electrons. The average molecular weight is 647 g/mol. The molecule has 0 saturated carbocycles. The van der Waals surface area contributed by atoms with Crippen LogP contribution in [0.3, 0.4) is 0 Å². The smallest absolute Gasteiger partial charge is 0.337 e. The topological polar surface area (TPSA) is 138 Å². The maximum Gasteiger partial charge on any atom is 0.337 e. The second-order valence-corrected chi connectivity index (χ2v) is 7.29. The van der Waals surface area contributed by atoms with Gasteiger partial charge in [-0.25, -0.2) is 4.79 Å². The number of anilines is 1. The Bertz CT molecular complexity index is 577. The van der Waals surface area contributed by atoms with Gasteiger partial charge >= 0.3 is 17.9 Å². The summed E-state index contributed by atoms with van der Waals surface area (Å²) in [5.74, 6) is -2.83. The van der Waals surface area contributed by atoms with Crippen LogP contribution in [0.2, 0.25) is 0 Å². The predicted octanol–water partition coefficient (Wildman–Crippen LogP) is 3.11. The number of carbonyl (C=O) groups is 3. The van der Waals surface area contributed by atoms with E-state index in [-0.39, 0.29) is 19.3 Å². The number of carboxylic acid groups (broad SMARTS) is 3. The molecule has 0 aliphatic heterocycles. The van der Waals surface area contributed by atoms with Crippen molar-refractivity contribution in [1.82, 2.24) is 0 Å². The Morgan fingerprint density at radius 1 is 0.955 bits per heavy atom. The lowest BCUT2D eigenvalue weighted by Crippen LogP contribution is -2.07. The van der Waals surface area contributed by atoms with E-state index in [9.17, 15) is 14.4 Å². The van der Waals surface area contributed by atoms with Crippen LogP contribution in [-0.4, -0.2) is 33.2 Å². The van der Waals surface area contributed by atoms with Crippen LogP contribution in [0.5, 0.6) is 0 Å². The Hall–Kier alpha value is -0.380. The van der Waals surface area contributed by atoms with E-state index in [1.165, 1.54) is 0 Å². The lowest BCUT2D eigenvalue weighted by atomic mass is 10.2. The molecule has 7 nitrogen and oxygen atoms in total. The fraction of sp³-hybridized carbons (Fsp3) is 0.250. The van der Waals surface area contributed by atoms with Crippen molar-refractivity contribution in [3.8, 4) is 0 Å². The molecule has 1 aromatic rings. The molecule has 0 radical (unpaired) electrons. The van der Waals surface area contributed by atoms with Crippen LogP contribution < -0.4 is 5.73 Å². The van der Waals surface area contributed by atoms with Gasteiger partial charge in [-0.2, -0.15) is 0 Å². The molecule has 0 amide bonds. The molecule has 0 heterocycles. The van der Waals surface area contributed by atoms with E-state index in [2.05, 4.69) is 22.6 Å². The summed E-state index contributed by atoms with van der Waals surface area (Å²) in [4.78, 5) is 30.4. The number of rotatable bonds is 5. The first-order valence-electron chi connectivity index (χ1n) is 5.67. The van der Waals surface area contributed by atoms with Gasteiger partial charge in [0.15, 0.2) is 0 Å². The zero-order chi connectivity index (χ0) is 17.4. The van der Waals surface area contributed by atoms with Crippen molar-refractivity contribution in [3.05, 3.63) is 22.3 Å². The van der Waals surface area contributed by atoms with Crippen LogP contribution in [0.1, 0.15) is 29.6 Å². The number of hydrogen-bond donors (Lipinski definition) is 4. The second-order valence-electron chi connectivity index (χ2n) is 3.89.